The van der Waals surface area contributed by atoms with Crippen molar-refractivity contribution in [2.45, 2.75) is 64.7 Å². The molecule has 3 heteroatoms. The second kappa shape index (κ2) is 13.8. The van der Waals surface area contributed by atoms with Crippen molar-refractivity contribution in [2.75, 3.05) is 4.90 Å². The van der Waals surface area contributed by atoms with Crippen LogP contribution in [-0.4, -0.2) is 0 Å². The summed E-state index contributed by atoms with van der Waals surface area (Å²) in [7, 11) is 0. The third-order valence-corrected chi connectivity index (χ3v) is 17.2. The smallest absolute Gasteiger partial charge is 0.143 e. The van der Waals surface area contributed by atoms with E-state index in [1.54, 1.807) is 0 Å². The third kappa shape index (κ3) is 5.28. The van der Waals surface area contributed by atoms with Gasteiger partial charge in [-0.15, -0.1) is 0 Å². The van der Waals surface area contributed by atoms with E-state index in [2.05, 4.69) is 235 Å². The molecule has 0 unspecified atom stereocenters. The summed E-state index contributed by atoms with van der Waals surface area (Å²) in [6.45, 7) is 16.7. The Morgan fingerprint density at radius 1 is 0.352 bits per heavy atom. The van der Waals surface area contributed by atoms with Crippen molar-refractivity contribution in [3.05, 3.63) is 221 Å². The zero-order valence-electron chi connectivity index (χ0n) is 41.1. The Morgan fingerprint density at radius 2 is 0.901 bits per heavy atom. The first-order valence-electron chi connectivity index (χ1n) is 25.2. The van der Waals surface area contributed by atoms with Crippen LogP contribution < -0.4 is 4.90 Å². The Kier molecular flexibility index (Phi) is 7.91. The van der Waals surface area contributed by atoms with E-state index in [4.69, 9.17) is 8.83 Å². The van der Waals surface area contributed by atoms with Crippen LogP contribution in [0.1, 0.15) is 80.5 Å². The fourth-order valence-corrected chi connectivity index (χ4v) is 13.5. The van der Waals surface area contributed by atoms with Crippen molar-refractivity contribution in [3.8, 4) is 44.5 Å². The van der Waals surface area contributed by atoms with E-state index >= 15 is 0 Å². The highest BCUT2D eigenvalue weighted by atomic mass is 16.3. The van der Waals surface area contributed by atoms with Crippen LogP contribution >= 0.6 is 0 Å². The SMILES string of the molecule is Cc1ccccc1N(c1ccc2c(c1)C(C)(C)c1cc3c(cc1-2)C(C)(C)c1ccc2oc4ccccc4c2c1-3)c1ccc2c(c1)C(C)(C)c1cc(-c3cccc4ccccc34)c3oc4ccccc4c3c1-2. The number of nitrogens with zero attached hydrogens (tertiary/aromatic N) is 1. The number of rotatable bonds is 4. The van der Waals surface area contributed by atoms with Crippen molar-refractivity contribution >= 4 is 71.7 Å². The normalized spacial score (nSPS) is 15.3. The quantitative estimate of drug-likeness (QED) is 0.176. The zero-order valence-corrected chi connectivity index (χ0v) is 41.1. The van der Waals surface area contributed by atoms with Gasteiger partial charge >= 0.3 is 0 Å². The molecule has 0 fully saturated rings. The van der Waals surface area contributed by atoms with Crippen molar-refractivity contribution in [1.82, 2.24) is 0 Å². The molecule has 0 atom stereocenters. The summed E-state index contributed by atoms with van der Waals surface area (Å²) in [5.41, 5.74) is 26.0. The van der Waals surface area contributed by atoms with Crippen molar-refractivity contribution in [2.24, 2.45) is 0 Å². The number of hydrogen-bond acceptors (Lipinski definition) is 3. The first kappa shape index (κ1) is 40.7. The Balaban J connectivity index is 0.898. The summed E-state index contributed by atoms with van der Waals surface area (Å²) in [6.07, 6.45) is 0. The average Bonchev–Trinajstić information content (AvgIpc) is 4.13. The molecule has 0 amide bonds. The second-order valence-corrected chi connectivity index (χ2v) is 22.0. The third-order valence-electron chi connectivity index (χ3n) is 17.2. The van der Waals surface area contributed by atoms with Gasteiger partial charge in [0.25, 0.3) is 0 Å². The van der Waals surface area contributed by atoms with Gasteiger partial charge in [-0.2, -0.15) is 0 Å². The summed E-state index contributed by atoms with van der Waals surface area (Å²) in [4.78, 5) is 2.50. The van der Waals surface area contributed by atoms with Crippen LogP contribution in [0.3, 0.4) is 0 Å². The molecule has 0 bridgehead atoms. The molecule has 2 aromatic heterocycles. The number of anilines is 3. The predicted molar refractivity (Wildman–Crippen MR) is 296 cm³/mol. The lowest BCUT2D eigenvalue weighted by Gasteiger charge is -2.30. The van der Waals surface area contributed by atoms with Gasteiger partial charge in [0.05, 0.1) is 0 Å². The van der Waals surface area contributed by atoms with E-state index in [-0.39, 0.29) is 16.2 Å². The highest BCUT2D eigenvalue weighted by Gasteiger charge is 2.44. The van der Waals surface area contributed by atoms with Gasteiger partial charge in [-0.25, -0.2) is 0 Å². The maximum Gasteiger partial charge on any atom is 0.143 e. The van der Waals surface area contributed by atoms with Crippen LogP contribution in [0.15, 0.2) is 191 Å². The van der Waals surface area contributed by atoms with Crippen LogP contribution in [0, 0.1) is 6.92 Å². The minimum Gasteiger partial charge on any atom is -0.456 e. The molecule has 0 saturated carbocycles. The molecule has 340 valence electrons. The van der Waals surface area contributed by atoms with Crippen LogP contribution in [0.2, 0.25) is 0 Å². The average molecular weight is 914 g/mol. The van der Waals surface area contributed by atoms with Crippen molar-refractivity contribution in [1.29, 1.82) is 0 Å². The highest BCUT2D eigenvalue weighted by molar-refractivity contribution is 6.20. The molecule has 0 radical (unpaired) electrons. The van der Waals surface area contributed by atoms with Crippen LogP contribution in [0.25, 0.3) is 99.2 Å². The lowest BCUT2D eigenvalue weighted by atomic mass is 9.79. The van der Waals surface area contributed by atoms with Gasteiger partial charge < -0.3 is 13.7 Å². The number of aryl methyl sites for hydroxylation is 1. The maximum atomic E-state index is 6.93. The van der Waals surface area contributed by atoms with Crippen molar-refractivity contribution in [3.63, 3.8) is 0 Å². The first-order chi connectivity index (χ1) is 34.4. The molecule has 3 aliphatic carbocycles. The van der Waals surface area contributed by atoms with E-state index in [1.807, 2.05) is 0 Å². The van der Waals surface area contributed by atoms with Gasteiger partial charge in [-0.05, 0) is 162 Å². The molecule has 71 heavy (non-hydrogen) atoms. The first-order valence-corrected chi connectivity index (χ1v) is 25.2. The van der Waals surface area contributed by atoms with E-state index in [0.29, 0.717) is 0 Å². The van der Waals surface area contributed by atoms with E-state index in [9.17, 15) is 0 Å². The minimum absolute atomic E-state index is 0.171. The van der Waals surface area contributed by atoms with E-state index in [1.165, 1.54) is 111 Å². The fourth-order valence-electron chi connectivity index (χ4n) is 13.5. The van der Waals surface area contributed by atoms with Crippen LogP contribution in [0.4, 0.5) is 17.1 Å². The largest absolute Gasteiger partial charge is 0.456 e. The molecule has 0 saturated heterocycles. The fraction of sp³-hybridized carbons (Fsp3) is 0.147. The molecule has 3 aliphatic rings. The maximum absolute atomic E-state index is 6.93. The van der Waals surface area contributed by atoms with Gasteiger partial charge in [-0.3, -0.25) is 0 Å². The summed E-state index contributed by atoms with van der Waals surface area (Å²) in [6, 6.07) is 67.7. The summed E-state index contributed by atoms with van der Waals surface area (Å²) >= 11 is 0. The molecule has 3 nitrogen and oxygen atoms in total. The number of benzene rings is 10. The van der Waals surface area contributed by atoms with Gasteiger partial charge in [0.1, 0.15) is 22.3 Å². The molecule has 0 spiro atoms. The number of fused-ring (bicyclic) bond motifs is 18. The summed E-state index contributed by atoms with van der Waals surface area (Å²) < 4.78 is 13.4. The number of hydrogen-bond donors (Lipinski definition) is 0. The minimum atomic E-state index is -0.313. The second-order valence-electron chi connectivity index (χ2n) is 22.0. The monoisotopic (exact) mass is 913 g/mol. The Hall–Kier alpha value is -8.14. The lowest BCUT2D eigenvalue weighted by Crippen LogP contribution is -2.18. The zero-order chi connectivity index (χ0) is 47.9. The number of para-hydroxylation sites is 3. The van der Waals surface area contributed by atoms with Gasteiger partial charge in [0, 0.05) is 60.4 Å². The molecule has 10 aromatic carbocycles. The predicted octanol–water partition coefficient (Wildman–Crippen LogP) is 19.0. The van der Waals surface area contributed by atoms with Crippen LogP contribution in [-0.2, 0) is 16.2 Å². The van der Waals surface area contributed by atoms with Crippen molar-refractivity contribution < 1.29 is 8.83 Å². The molecule has 15 rings (SSSR count). The standard InChI is InChI=1S/C68H51NO2/c1-38-17-8-13-24-57(38)69(40-27-29-44-48-35-55-50(37-54(48)67(4,5)52(44)33-40)62-51(66(55,2)3)31-32-60-63(62)46-21-11-14-25-58(46)70-60)41-28-30-45-53(34-41)68(6,7)56-36-49(43-23-16-19-39-18-9-10-20-42(39)43)65-64(61(45)56)47-22-12-15-26-59(47)71-65/h8-37H,1-7H3. The van der Waals surface area contributed by atoms with Crippen LogP contribution in [0.5, 0.6) is 0 Å². The van der Waals surface area contributed by atoms with Gasteiger partial charge in [0.15, 0.2) is 0 Å². The van der Waals surface area contributed by atoms with Gasteiger partial charge in [0.2, 0.25) is 0 Å². The molecule has 12 aromatic rings. The molecular formula is C68H51NO2. The molecule has 2 heterocycles. The molecular weight excluding hydrogens is 863 g/mol. The van der Waals surface area contributed by atoms with E-state index < -0.39 is 0 Å². The molecule has 0 N–H and O–H groups in total. The highest BCUT2D eigenvalue weighted by Crippen LogP contribution is 2.60. The Morgan fingerprint density at radius 3 is 1.68 bits per heavy atom. The lowest BCUT2D eigenvalue weighted by molar-refractivity contribution is 0.651. The molecule has 0 aliphatic heterocycles. The Labute approximate surface area is 413 Å². The number of furan rings is 2. The topological polar surface area (TPSA) is 29.5 Å². The summed E-state index contributed by atoms with van der Waals surface area (Å²) in [5, 5.41) is 7.20. The summed E-state index contributed by atoms with van der Waals surface area (Å²) in [5.74, 6) is 0. The van der Waals surface area contributed by atoms with Gasteiger partial charge in [-0.1, -0.05) is 157 Å². The Bertz CT molecular complexity index is 4340. The van der Waals surface area contributed by atoms with E-state index in [0.717, 1.165) is 44.7 Å².